The van der Waals surface area contributed by atoms with Crippen molar-refractivity contribution >= 4 is 9.84 Å². The molecule has 2 N–H and O–H groups in total. The molecule has 1 aromatic heterocycles. The molecule has 0 saturated carbocycles. The normalized spacial score (nSPS) is 12.0. The lowest BCUT2D eigenvalue weighted by Gasteiger charge is -2.07. The van der Waals surface area contributed by atoms with E-state index < -0.39 is 9.84 Å². The highest BCUT2D eigenvalue weighted by atomic mass is 32.2. The molecule has 116 valence electrons. The highest BCUT2D eigenvalue weighted by molar-refractivity contribution is 7.91. The van der Waals surface area contributed by atoms with Crippen LogP contribution in [0.4, 0.5) is 0 Å². The largest absolute Gasteiger partial charge is 0.330 e. The molecule has 0 aliphatic carbocycles. The molecule has 1 rings (SSSR count). The first-order valence-electron chi connectivity index (χ1n) is 7.46. The van der Waals surface area contributed by atoms with Crippen LogP contribution in [0.5, 0.6) is 0 Å². The molecule has 0 spiro atoms. The Kier molecular flexibility index (Phi) is 6.68. The summed E-state index contributed by atoms with van der Waals surface area (Å²) in [4.78, 5) is 0. The zero-order valence-corrected chi connectivity index (χ0v) is 13.7. The van der Waals surface area contributed by atoms with Gasteiger partial charge in [0.1, 0.15) is 9.84 Å². The zero-order valence-electron chi connectivity index (χ0n) is 12.9. The minimum atomic E-state index is -2.89. The van der Waals surface area contributed by atoms with E-state index in [1.807, 2.05) is 4.68 Å². The molecule has 0 aliphatic heterocycles. The molecule has 0 bridgehead atoms. The Morgan fingerprint density at radius 1 is 1.20 bits per heavy atom. The third-order valence-electron chi connectivity index (χ3n) is 3.58. The average molecular weight is 301 g/mol. The van der Waals surface area contributed by atoms with Crippen LogP contribution < -0.4 is 5.73 Å². The maximum absolute atomic E-state index is 11.5. The van der Waals surface area contributed by atoms with Crippen molar-refractivity contribution in [1.29, 1.82) is 0 Å². The quantitative estimate of drug-likeness (QED) is 0.746. The molecule has 0 aliphatic rings. The van der Waals surface area contributed by atoms with E-state index in [0.29, 0.717) is 19.5 Å². The Labute approximate surface area is 122 Å². The van der Waals surface area contributed by atoms with E-state index in [1.165, 1.54) is 11.3 Å². The summed E-state index contributed by atoms with van der Waals surface area (Å²) in [6.45, 7) is 7.18. The fourth-order valence-corrected chi connectivity index (χ4v) is 3.32. The van der Waals surface area contributed by atoms with Gasteiger partial charge in [0.15, 0.2) is 0 Å². The number of aryl methyl sites for hydroxylation is 2. The third-order valence-corrected chi connectivity index (χ3v) is 5.37. The van der Waals surface area contributed by atoms with E-state index in [9.17, 15) is 8.42 Å². The Morgan fingerprint density at radius 3 is 2.40 bits per heavy atom. The number of hydrogen-bond donors (Lipinski definition) is 1. The average Bonchev–Trinajstić information content (AvgIpc) is 2.76. The van der Waals surface area contributed by atoms with Gasteiger partial charge in [0.2, 0.25) is 0 Å². The molecule has 0 atom stereocenters. The molecule has 0 saturated heterocycles. The minimum absolute atomic E-state index is 0.214. The summed E-state index contributed by atoms with van der Waals surface area (Å²) in [5.74, 6) is 0.450. The van der Waals surface area contributed by atoms with Gasteiger partial charge in [-0.15, -0.1) is 0 Å². The number of rotatable bonds is 9. The van der Waals surface area contributed by atoms with Crippen LogP contribution in [0.2, 0.25) is 0 Å². The summed E-state index contributed by atoms with van der Waals surface area (Å²) >= 11 is 0. The van der Waals surface area contributed by atoms with Crippen molar-refractivity contribution in [3.05, 3.63) is 17.0 Å². The van der Waals surface area contributed by atoms with Crippen LogP contribution in [-0.4, -0.2) is 36.2 Å². The molecule has 1 aromatic rings. The van der Waals surface area contributed by atoms with Gasteiger partial charge >= 0.3 is 0 Å². The predicted octanol–water partition coefficient (Wildman–Crippen LogP) is 1.33. The molecule has 0 fully saturated rings. The maximum Gasteiger partial charge on any atom is 0.150 e. The fraction of sp³-hybridized carbons (Fsp3) is 0.786. The van der Waals surface area contributed by atoms with E-state index in [1.54, 1.807) is 6.92 Å². The van der Waals surface area contributed by atoms with Crippen LogP contribution in [0.1, 0.15) is 44.1 Å². The summed E-state index contributed by atoms with van der Waals surface area (Å²) in [6, 6.07) is 0. The van der Waals surface area contributed by atoms with E-state index in [4.69, 9.17) is 5.73 Å². The third kappa shape index (κ3) is 4.31. The van der Waals surface area contributed by atoms with Gasteiger partial charge in [-0.05, 0) is 37.8 Å². The lowest BCUT2D eigenvalue weighted by atomic mass is 10.1. The second-order valence-corrected chi connectivity index (χ2v) is 7.40. The fourth-order valence-electron chi connectivity index (χ4n) is 2.47. The summed E-state index contributed by atoms with van der Waals surface area (Å²) in [7, 11) is -2.89. The van der Waals surface area contributed by atoms with Gasteiger partial charge in [0, 0.05) is 18.0 Å². The van der Waals surface area contributed by atoms with Crippen LogP contribution in [-0.2, 0) is 35.6 Å². The minimum Gasteiger partial charge on any atom is -0.330 e. The lowest BCUT2D eigenvalue weighted by Crippen LogP contribution is -2.13. The summed E-state index contributed by atoms with van der Waals surface area (Å²) < 4.78 is 25.0. The topological polar surface area (TPSA) is 78.0 Å². The van der Waals surface area contributed by atoms with Crippen LogP contribution in [0.15, 0.2) is 0 Å². The molecule has 0 radical (unpaired) electrons. The Hall–Kier alpha value is -0.880. The number of hydrogen-bond acceptors (Lipinski definition) is 4. The smallest absolute Gasteiger partial charge is 0.150 e. The van der Waals surface area contributed by atoms with Crippen LogP contribution in [0, 0.1) is 0 Å². The molecule has 20 heavy (non-hydrogen) atoms. The second-order valence-electron chi connectivity index (χ2n) is 4.93. The van der Waals surface area contributed by atoms with Crippen molar-refractivity contribution in [2.45, 2.75) is 53.0 Å². The molecular weight excluding hydrogens is 274 g/mol. The van der Waals surface area contributed by atoms with Crippen molar-refractivity contribution in [2.24, 2.45) is 5.73 Å². The SMILES string of the molecule is CCc1nn(CCCS(=O)(=O)CC)c(CC)c1CCN. The van der Waals surface area contributed by atoms with Gasteiger partial charge in [-0.25, -0.2) is 8.42 Å². The van der Waals surface area contributed by atoms with Gasteiger partial charge in [-0.3, -0.25) is 4.68 Å². The van der Waals surface area contributed by atoms with Crippen molar-refractivity contribution in [3.63, 3.8) is 0 Å². The van der Waals surface area contributed by atoms with E-state index in [0.717, 1.165) is 25.0 Å². The highest BCUT2D eigenvalue weighted by Gasteiger charge is 2.15. The van der Waals surface area contributed by atoms with Crippen molar-refractivity contribution in [3.8, 4) is 0 Å². The monoisotopic (exact) mass is 301 g/mol. The summed E-state index contributed by atoms with van der Waals surface area (Å²) in [5, 5.41) is 4.63. The van der Waals surface area contributed by atoms with Crippen LogP contribution >= 0.6 is 0 Å². The highest BCUT2D eigenvalue weighted by Crippen LogP contribution is 2.17. The molecule has 0 amide bonds. The van der Waals surface area contributed by atoms with Crippen LogP contribution in [0.25, 0.3) is 0 Å². The van der Waals surface area contributed by atoms with E-state index in [-0.39, 0.29) is 11.5 Å². The van der Waals surface area contributed by atoms with Gasteiger partial charge < -0.3 is 5.73 Å². The first-order valence-corrected chi connectivity index (χ1v) is 9.29. The van der Waals surface area contributed by atoms with Gasteiger partial charge in [0.05, 0.1) is 11.4 Å². The van der Waals surface area contributed by atoms with E-state index >= 15 is 0 Å². The van der Waals surface area contributed by atoms with Crippen molar-refractivity contribution < 1.29 is 8.42 Å². The van der Waals surface area contributed by atoms with Gasteiger partial charge in [-0.1, -0.05) is 20.8 Å². The molecule has 5 nitrogen and oxygen atoms in total. The number of aromatic nitrogens is 2. The van der Waals surface area contributed by atoms with Crippen LogP contribution in [0.3, 0.4) is 0 Å². The first-order chi connectivity index (χ1) is 9.49. The van der Waals surface area contributed by atoms with Crippen molar-refractivity contribution in [2.75, 3.05) is 18.1 Å². The van der Waals surface area contributed by atoms with Crippen molar-refractivity contribution in [1.82, 2.24) is 9.78 Å². The van der Waals surface area contributed by atoms with E-state index in [2.05, 4.69) is 18.9 Å². The summed E-state index contributed by atoms with van der Waals surface area (Å²) in [5.41, 5.74) is 9.25. The molecule has 1 heterocycles. The van der Waals surface area contributed by atoms with Gasteiger partial charge in [-0.2, -0.15) is 5.10 Å². The maximum atomic E-state index is 11.5. The molecular formula is C14H27N3O2S. The molecule has 6 heteroatoms. The predicted molar refractivity (Wildman–Crippen MR) is 82.7 cm³/mol. The standard InChI is InChI=1S/C14H27N3O2S/c1-4-13-12(8-9-15)14(5-2)17(16-13)10-7-11-20(18,19)6-3/h4-11,15H2,1-3H3. The number of nitrogens with zero attached hydrogens (tertiary/aromatic N) is 2. The molecule has 0 aromatic carbocycles. The van der Waals surface area contributed by atoms with Gasteiger partial charge in [0.25, 0.3) is 0 Å². The number of nitrogens with two attached hydrogens (primary N) is 1. The lowest BCUT2D eigenvalue weighted by molar-refractivity contribution is 0.557. The Bertz CT molecular complexity index is 521. The first kappa shape index (κ1) is 17.2. The summed E-state index contributed by atoms with van der Waals surface area (Å²) in [6.07, 6.45) is 3.27. The second kappa shape index (κ2) is 7.78. The molecule has 0 unspecified atom stereocenters. The Morgan fingerprint density at radius 2 is 1.90 bits per heavy atom. The Balaban J connectivity index is 2.84. The number of sulfone groups is 1. The zero-order chi connectivity index (χ0) is 15.2.